The summed E-state index contributed by atoms with van der Waals surface area (Å²) in [6, 6.07) is 15.5. The Bertz CT molecular complexity index is 1230. The number of halogens is 1. The average molecular weight is 451 g/mol. The van der Waals surface area contributed by atoms with Gasteiger partial charge in [-0.2, -0.15) is 0 Å². The van der Waals surface area contributed by atoms with Gasteiger partial charge in [0.25, 0.3) is 5.56 Å². The third-order valence-corrected chi connectivity index (χ3v) is 7.78. The van der Waals surface area contributed by atoms with E-state index in [0.717, 1.165) is 66.3 Å². The number of thioether (sulfide) groups is 1. The molecule has 158 valence electrons. The minimum absolute atomic E-state index is 0.0109. The Morgan fingerprint density at radius 2 is 1.84 bits per heavy atom. The van der Waals surface area contributed by atoms with Gasteiger partial charge in [-0.3, -0.25) is 14.2 Å². The van der Waals surface area contributed by atoms with E-state index in [4.69, 9.17) is 16.6 Å². The van der Waals surface area contributed by atoms with Crippen molar-refractivity contribution in [1.82, 2.24) is 9.55 Å². The minimum Gasteiger partial charge on any atom is -0.290 e. The quantitative estimate of drug-likeness (QED) is 0.399. The van der Waals surface area contributed by atoms with Crippen molar-refractivity contribution in [2.75, 3.05) is 0 Å². The van der Waals surface area contributed by atoms with Crippen molar-refractivity contribution in [3.8, 4) is 11.3 Å². The highest BCUT2D eigenvalue weighted by Crippen LogP contribution is 2.49. The lowest BCUT2D eigenvalue weighted by molar-refractivity contribution is -0.110. The predicted molar refractivity (Wildman–Crippen MR) is 125 cm³/mol. The average Bonchev–Trinajstić information content (AvgIpc) is 3.21. The van der Waals surface area contributed by atoms with Gasteiger partial charge in [0.2, 0.25) is 5.12 Å². The van der Waals surface area contributed by atoms with Gasteiger partial charge in [-0.1, -0.05) is 60.8 Å². The van der Waals surface area contributed by atoms with E-state index >= 15 is 0 Å². The fraction of sp³-hybridized carbons (Fsp3) is 0.320. The first-order valence-electron chi connectivity index (χ1n) is 10.6. The maximum Gasteiger partial charge on any atom is 0.258 e. The SMILES string of the molecule is Cn1c(SC(=O)Cc2ccc(Cl)cc2)nc2c(c1=O)C1(CCCC1)Cc1ccccc1-2. The van der Waals surface area contributed by atoms with Crippen LogP contribution in [0.25, 0.3) is 11.3 Å². The first-order chi connectivity index (χ1) is 15.0. The van der Waals surface area contributed by atoms with E-state index in [9.17, 15) is 9.59 Å². The maximum atomic E-state index is 13.6. The van der Waals surface area contributed by atoms with Crippen LogP contribution >= 0.6 is 23.4 Å². The summed E-state index contributed by atoms with van der Waals surface area (Å²) in [5.41, 5.74) is 4.65. The maximum absolute atomic E-state index is 13.6. The molecular formula is C25H23ClN2O2S. The summed E-state index contributed by atoms with van der Waals surface area (Å²) in [6.07, 6.45) is 5.48. The first-order valence-corrected chi connectivity index (χ1v) is 11.8. The van der Waals surface area contributed by atoms with Crippen LogP contribution in [0.3, 0.4) is 0 Å². The Morgan fingerprint density at radius 1 is 1.13 bits per heavy atom. The molecule has 0 unspecified atom stereocenters. The van der Waals surface area contributed by atoms with Crippen LogP contribution in [-0.4, -0.2) is 14.7 Å². The van der Waals surface area contributed by atoms with E-state index in [-0.39, 0.29) is 22.5 Å². The van der Waals surface area contributed by atoms with Gasteiger partial charge in [-0.15, -0.1) is 0 Å². The fourth-order valence-corrected chi connectivity index (χ4v) is 6.02. The van der Waals surface area contributed by atoms with Crippen LogP contribution in [0, 0.1) is 0 Å². The lowest BCUT2D eigenvalue weighted by atomic mass is 9.68. The molecule has 0 saturated heterocycles. The molecule has 31 heavy (non-hydrogen) atoms. The van der Waals surface area contributed by atoms with E-state index < -0.39 is 0 Å². The molecule has 1 fully saturated rings. The Balaban J connectivity index is 1.55. The van der Waals surface area contributed by atoms with Crippen LogP contribution < -0.4 is 5.56 Å². The Morgan fingerprint density at radius 3 is 2.58 bits per heavy atom. The second kappa shape index (κ2) is 7.95. The van der Waals surface area contributed by atoms with E-state index in [0.29, 0.717) is 10.2 Å². The van der Waals surface area contributed by atoms with Gasteiger partial charge in [0.15, 0.2) is 5.16 Å². The highest BCUT2D eigenvalue weighted by molar-refractivity contribution is 8.13. The zero-order valence-electron chi connectivity index (χ0n) is 17.4. The number of hydrogen-bond donors (Lipinski definition) is 0. The van der Waals surface area contributed by atoms with Crippen molar-refractivity contribution in [2.45, 2.75) is 49.1 Å². The molecule has 4 nitrogen and oxygen atoms in total. The molecule has 2 aromatic carbocycles. The summed E-state index contributed by atoms with van der Waals surface area (Å²) < 4.78 is 1.57. The van der Waals surface area contributed by atoms with Crippen LogP contribution in [0.4, 0.5) is 0 Å². The van der Waals surface area contributed by atoms with Crippen LogP contribution in [0.1, 0.15) is 42.4 Å². The summed E-state index contributed by atoms with van der Waals surface area (Å²) >= 11 is 6.98. The van der Waals surface area contributed by atoms with Crippen molar-refractivity contribution in [3.63, 3.8) is 0 Å². The van der Waals surface area contributed by atoms with Crippen LogP contribution in [0.5, 0.6) is 0 Å². The van der Waals surface area contributed by atoms with E-state index in [1.165, 1.54) is 5.56 Å². The van der Waals surface area contributed by atoms with Crippen molar-refractivity contribution in [2.24, 2.45) is 7.05 Å². The van der Waals surface area contributed by atoms with Gasteiger partial charge in [0, 0.05) is 29.5 Å². The van der Waals surface area contributed by atoms with Crippen molar-refractivity contribution in [1.29, 1.82) is 0 Å². The largest absolute Gasteiger partial charge is 0.290 e. The number of nitrogens with zero attached hydrogens (tertiary/aromatic N) is 2. The lowest BCUT2D eigenvalue weighted by Crippen LogP contribution is -2.39. The monoisotopic (exact) mass is 450 g/mol. The molecule has 2 aliphatic rings. The molecule has 2 aliphatic carbocycles. The molecular weight excluding hydrogens is 428 g/mol. The van der Waals surface area contributed by atoms with Gasteiger partial charge < -0.3 is 0 Å². The van der Waals surface area contributed by atoms with Gasteiger partial charge in [0.05, 0.1) is 11.3 Å². The molecule has 1 saturated carbocycles. The highest BCUT2D eigenvalue weighted by atomic mass is 35.5. The van der Waals surface area contributed by atoms with Gasteiger partial charge in [-0.25, -0.2) is 4.98 Å². The molecule has 0 bridgehead atoms. The Labute approximate surface area is 190 Å². The first kappa shape index (κ1) is 20.5. The second-order valence-electron chi connectivity index (χ2n) is 8.58. The van der Waals surface area contributed by atoms with Gasteiger partial charge >= 0.3 is 0 Å². The molecule has 0 N–H and O–H groups in total. The summed E-state index contributed by atoms with van der Waals surface area (Å²) in [4.78, 5) is 31.2. The number of rotatable bonds is 3. The lowest BCUT2D eigenvalue weighted by Gasteiger charge is -2.36. The van der Waals surface area contributed by atoms with Gasteiger partial charge in [0.1, 0.15) is 0 Å². The summed E-state index contributed by atoms with van der Waals surface area (Å²) in [5, 5.41) is 1.04. The third kappa shape index (κ3) is 3.64. The molecule has 1 aromatic heterocycles. The highest BCUT2D eigenvalue weighted by Gasteiger charge is 2.44. The third-order valence-electron chi connectivity index (χ3n) is 6.61. The number of aromatic nitrogens is 2. The Kier molecular flexibility index (Phi) is 5.27. The number of fused-ring (bicyclic) bond motifs is 4. The molecule has 0 aliphatic heterocycles. The van der Waals surface area contributed by atoms with Crippen LogP contribution in [-0.2, 0) is 30.1 Å². The number of carbonyl (C=O) groups excluding carboxylic acids is 1. The second-order valence-corrected chi connectivity index (χ2v) is 10.0. The molecule has 0 amide bonds. The van der Waals surface area contributed by atoms with Crippen molar-refractivity contribution in [3.05, 3.63) is 80.6 Å². The smallest absolute Gasteiger partial charge is 0.258 e. The van der Waals surface area contributed by atoms with Crippen molar-refractivity contribution < 1.29 is 4.79 Å². The zero-order valence-corrected chi connectivity index (χ0v) is 18.9. The summed E-state index contributed by atoms with van der Waals surface area (Å²) in [7, 11) is 1.73. The standard InChI is InChI=1S/C25H23ClN2O2S/c1-28-23(30)21-22(19-7-3-2-6-17(19)15-25(21)12-4-5-13-25)27-24(28)31-20(29)14-16-8-10-18(26)11-9-16/h2-3,6-11H,4-5,12-15H2,1H3. The molecule has 1 spiro atoms. The van der Waals surface area contributed by atoms with E-state index in [1.54, 1.807) is 23.7 Å². The summed E-state index contributed by atoms with van der Waals surface area (Å²) in [5.74, 6) is 0. The number of hydrogen-bond acceptors (Lipinski definition) is 4. The minimum atomic E-state index is -0.123. The molecule has 0 radical (unpaired) electrons. The zero-order chi connectivity index (χ0) is 21.6. The molecule has 6 heteroatoms. The van der Waals surface area contributed by atoms with E-state index in [1.807, 2.05) is 24.3 Å². The van der Waals surface area contributed by atoms with Gasteiger partial charge in [-0.05, 0) is 54.3 Å². The number of benzene rings is 2. The normalized spacial score (nSPS) is 16.2. The van der Waals surface area contributed by atoms with E-state index in [2.05, 4.69) is 12.1 Å². The topological polar surface area (TPSA) is 52.0 Å². The molecule has 0 atom stereocenters. The fourth-order valence-electron chi connectivity index (χ4n) is 5.09. The van der Waals surface area contributed by atoms with Crippen molar-refractivity contribution >= 4 is 28.5 Å². The summed E-state index contributed by atoms with van der Waals surface area (Å²) in [6.45, 7) is 0. The predicted octanol–water partition coefficient (Wildman–Crippen LogP) is 5.33. The number of carbonyl (C=O) groups is 1. The van der Waals surface area contributed by atoms with Crippen LogP contribution in [0.15, 0.2) is 58.5 Å². The van der Waals surface area contributed by atoms with Crippen LogP contribution in [0.2, 0.25) is 5.02 Å². The molecule has 1 heterocycles. The Hall–Kier alpha value is -2.37. The molecule has 3 aromatic rings. The molecule has 5 rings (SSSR count).